The summed E-state index contributed by atoms with van der Waals surface area (Å²) in [7, 11) is 3.33. The summed E-state index contributed by atoms with van der Waals surface area (Å²) in [5.74, 6) is 1.27. The Morgan fingerprint density at radius 3 is 2.48 bits per heavy atom. The van der Waals surface area contributed by atoms with E-state index >= 15 is 0 Å². The minimum absolute atomic E-state index is 0.130. The summed E-state index contributed by atoms with van der Waals surface area (Å²) < 4.78 is 5.32. The number of morpholine rings is 1. The van der Waals surface area contributed by atoms with Gasteiger partial charge in [0.15, 0.2) is 0 Å². The molecule has 3 N–H and O–H groups in total. The van der Waals surface area contributed by atoms with E-state index in [-0.39, 0.29) is 5.91 Å². The van der Waals surface area contributed by atoms with Crippen molar-refractivity contribution in [2.24, 2.45) is 0 Å². The van der Waals surface area contributed by atoms with Gasteiger partial charge in [-0.15, -0.1) is 0 Å². The van der Waals surface area contributed by atoms with Crippen molar-refractivity contribution >= 4 is 23.8 Å². The van der Waals surface area contributed by atoms with E-state index < -0.39 is 6.04 Å². The average Bonchev–Trinajstić information content (AvgIpc) is 2.54. The summed E-state index contributed by atoms with van der Waals surface area (Å²) in [6.07, 6.45) is 0. The zero-order valence-electron chi connectivity index (χ0n) is 12.5. The SMILES string of the molecule is CNC(=O)C(C)Nc1nc(NC)nc(N2CCOCC2)n1. The first-order chi connectivity index (χ1) is 10.1. The summed E-state index contributed by atoms with van der Waals surface area (Å²) >= 11 is 0. The second-order valence-corrected chi connectivity index (χ2v) is 4.61. The third-order valence-corrected chi connectivity index (χ3v) is 3.13. The fourth-order valence-electron chi connectivity index (χ4n) is 1.92. The number of nitrogens with one attached hydrogen (secondary N) is 3. The molecule has 1 fully saturated rings. The third kappa shape index (κ3) is 3.91. The van der Waals surface area contributed by atoms with Crippen molar-refractivity contribution in [3.63, 3.8) is 0 Å². The summed E-state index contributed by atoms with van der Waals surface area (Å²) in [5, 5.41) is 8.45. The number of hydrogen-bond acceptors (Lipinski definition) is 8. The second-order valence-electron chi connectivity index (χ2n) is 4.61. The first-order valence-electron chi connectivity index (χ1n) is 6.88. The van der Waals surface area contributed by atoms with Crippen LogP contribution in [0.1, 0.15) is 6.92 Å². The van der Waals surface area contributed by atoms with Crippen molar-refractivity contribution in [2.75, 3.05) is 55.9 Å². The van der Waals surface area contributed by atoms with Crippen LogP contribution >= 0.6 is 0 Å². The number of anilines is 3. The number of hydrogen-bond donors (Lipinski definition) is 3. The average molecular weight is 295 g/mol. The highest BCUT2D eigenvalue weighted by molar-refractivity contribution is 5.83. The molecule has 1 atom stereocenters. The van der Waals surface area contributed by atoms with Crippen LogP contribution in [0, 0.1) is 0 Å². The Hall–Kier alpha value is -2.16. The molecule has 1 aliphatic heterocycles. The number of nitrogens with zero attached hydrogens (tertiary/aromatic N) is 4. The van der Waals surface area contributed by atoms with Crippen molar-refractivity contribution in [2.45, 2.75) is 13.0 Å². The third-order valence-electron chi connectivity index (χ3n) is 3.13. The number of rotatable bonds is 5. The number of carbonyl (C=O) groups excluding carboxylic acids is 1. The molecule has 2 rings (SSSR count). The predicted molar refractivity (Wildman–Crippen MR) is 79.6 cm³/mol. The van der Waals surface area contributed by atoms with Gasteiger partial charge in [0.2, 0.25) is 23.8 Å². The molecule has 1 unspecified atom stereocenters. The monoisotopic (exact) mass is 295 g/mol. The van der Waals surface area contributed by atoms with Gasteiger partial charge in [0, 0.05) is 27.2 Å². The van der Waals surface area contributed by atoms with Gasteiger partial charge < -0.3 is 25.6 Å². The van der Waals surface area contributed by atoms with E-state index in [1.165, 1.54) is 0 Å². The van der Waals surface area contributed by atoms with E-state index in [1.54, 1.807) is 21.0 Å². The lowest BCUT2D eigenvalue weighted by molar-refractivity contribution is -0.121. The lowest BCUT2D eigenvalue weighted by Crippen LogP contribution is -2.38. The first kappa shape index (κ1) is 15.2. The van der Waals surface area contributed by atoms with Gasteiger partial charge in [0.05, 0.1) is 13.2 Å². The van der Waals surface area contributed by atoms with Crippen LogP contribution in [0.2, 0.25) is 0 Å². The van der Waals surface area contributed by atoms with Crippen LogP contribution in [0.4, 0.5) is 17.8 Å². The highest BCUT2D eigenvalue weighted by Gasteiger charge is 2.18. The maximum Gasteiger partial charge on any atom is 0.242 e. The van der Waals surface area contributed by atoms with Crippen LogP contribution < -0.4 is 20.9 Å². The van der Waals surface area contributed by atoms with Crippen LogP contribution in [0.5, 0.6) is 0 Å². The van der Waals surface area contributed by atoms with Gasteiger partial charge in [-0.05, 0) is 6.92 Å². The fourth-order valence-corrected chi connectivity index (χ4v) is 1.92. The van der Waals surface area contributed by atoms with Gasteiger partial charge in [0.1, 0.15) is 6.04 Å². The van der Waals surface area contributed by atoms with E-state index in [1.807, 2.05) is 4.90 Å². The molecule has 9 heteroatoms. The second kappa shape index (κ2) is 7.02. The highest BCUT2D eigenvalue weighted by atomic mass is 16.5. The number of likely N-dealkylation sites (N-methyl/N-ethyl adjacent to an activating group) is 1. The first-order valence-corrected chi connectivity index (χ1v) is 6.88. The molecule has 116 valence electrons. The van der Waals surface area contributed by atoms with Gasteiger partial charge in [-0.1, -0.05) is 0 Å². The summed E-state index contributed by atoms with van der Waals surface area (Å²) in [6, 6.07) is -0.431. The Balaban J connectivity index is 2.18. The summed E-state index contributed by atoms with van der Waals surface area (Å²) in [6.45, 7) is 4.52. The molecule has 1 aliphatic rings. The molecule has 1 aromatic rings. The molecule has 1 saturated heterocycles. The van der Waals surface area contributed by atoms with Crippen LogP contribution in [0.25, 0.3) is 0 Å². The predicted octanol–water partition coefficient (Wildman–Crippen LogP) is -0.704. The Bertz CT molecular complexity index is 490. The molecule has 0 radical (unpaired) electrons. The molecule has 2 heterocycles. The maximum absolute atomic E-state index is 11.6. The van der Waals surface area contributed by atoms with Crippen molar-refractivity contribution in [3.8, 4) is 0 Å². The quantitative estimate of drug-likeness (QED) is 0.655. The minimum Gasteiger partial charge on any atom is -0.378 e. The molecule has 0 spiro atoms. The van der Waals surface area contributed by atoms with E-state index in [4.69, 9.17) is 4.74 Å². The van der Waals surface area contributed by atoms with Crippen molar-refractivity contribution < 1.29 is 9.53 Å². The lowest BCUT2D eigenvalue weighted by atomic mass is 10.3. The normalized spacial score (nSPS) is 16.2. The van der Waals surface area contributed by atoms with Gasteiger partial charge in [0.25, 0.3) is 0 Å². The Morgan fingerprint density at radius 1 is 1.19 bits per heavy atom. The Morgan fingerprint density at radius 2 is 1.86 bits per heavy atom. The van der Waals surface area contributed by atoms with E-state index in [0.717, 1.165) is 13.1 Å². The molecule has 0 aromatic carbocycles. The van der Waals surface area contributed by atoms with Gasteiger partial charge in [-0.3, -0.25) is 4.79 Å². The van der Waals surface area contributed by atoms with Crippen molar-refractivity contribution in [1.29, 1.82) is 0 Å². The smallest absolute Gasteiger partial charge is 0.242 e. The van der Waals surface area contributed by atoms with Crippen LogP contribution in [-0.4, -0.2) is 67.3 Å². The number of aromatic nitrogens is 3. The molecular formula is C12H21N7O2. The van der Waals surface area contributed by atoms with Crippen molar-refractivity contribution in [1.82, 2.24) is 20.3 Å². The Kier molecular flexibility index (Phi) is 5.09. The number of amides is 1. The number of ether oxygens (including phenoxy) is 1. The van der Waals surface area contributed by atoms with Crippen LogP contribution in [0.15, 0.2) is 0 Å². The minimum atomic E-state index is -0.431. The van der Waals surface area contributed by atoms with Crippen molar-refractivity contribution in [3.05, 3.63) is 0 Å². The molecule has 0 saturated carbocycles. The van der Waals surface area contributed by atoms with Crippen LogP contribution in [0.3, 0.4) is 0 Å². The zero-order chi connectivity index (χ0) is 15.2. The molecule has 1 amide bonds. The van der Waals surface area contributed by atoms with Crippen LogP contribution in [-0.2, 0) is 9.53 Å². The molecule has 9 nitrogen and oxygen atoms in total. The lowest BCUT2D eigenvalue weighted by Gasteiger charge is -2.27. The molecule has 0 bridgehead atoms. The van der Waals surface area contributed by atoms with Gasteiger partial charge in [-0.2, -0.15) is 15.0 Å². The van der Waals surface area contributed by atoms with Gasteiger partial charge in [-0.25, -0.2) is 0 Å². The Labute approximate surface area is 123 Å². The van der Waals surface area contributed by atoms with E-state index in [0.29, 0.717) is 31.1 Å². The standard InChI is InChI=1S/C12H21N7O2/c1-8(9(20)13-2)15-11-16-10(14-3)17-12(18-11)19-4-6-21-7-5-19/h8H,4-7H2,1-3H3,(H,13,20)(H2,14,15,16,17,18). The maximum atomic E-state index is 11.6. The molecule has 21 heavy (non-hydrogen) atoms. The molecule has 1 aromatic heterocycles. The largest absolute Gasteiger partial charge is 0.378 e. The van der Waals surface area contributed by atoms with E-state index in [2.05, 4.69) is 30.9 Å². The summed E-state index contributed by atoms with van der Waals surface area (Å²) in [4.78, 5) is 26.5. The topological polar surface area (TPSA) is 104 Å². The highest BCUT2D eigenvalue weighted by Crippen LogP contribution is 2.15. The number of carbonyl (C=O) groups is 1. The van der Waals surface area contributed by atoms with Gasteiger partial charge >= 0.3 is 0 Å². The van der Waals surface area contributed by atoms with E-state index in [9.17, 15) is 4.79 Å². The zero-order valence-corrected chi connectivity index (χ0v) is 12.5. The summed E-state index contributed by atoms with van der Waals surface area (Å²) in [5.41, 5.74) is 0. The fraction of sp³-hybridized carbons (Fsp3) is 0.667. The molecule has 0 aliphatic carbocycles. The molecular weight excluding hydrogens is 274 g/mol.